The third-order valence-electron chi connectivity index (χ3n) is 13.0. The van der Waals surface area contributed by atoms with Crippen molar-refractivity contribution in [3.63, 3.8) is 0 Å². The minimum Gasteiger partial charge on any atom is -0.143 e. The van der Waals surface area contributed by atoms with Crippen LogP contribution in [0.5, 0.6) is 0 Å². The van der Waals surface area contributed by atoms with Crippen LogP contribution in [0.25, 0.3) is 0 Å². The van der Waals surface area contributed by atoms with Crippen LogP contribution in [0.4, 0.5) is 0 Å². The maximum Gasteiger partial charge on any atom is 0.102 e. The van der Waals surface area contributed by atoms with Gasteiger partial charge in [-0.1, -0.05) is 215 Å². The molecule has 0 aliphatic rings. The maximum absolute atomic E-state index is 4.71. The zero-order chi connectivity index (χ0) is 46.8. The molecule has 0 heterocycles. The second-order valence-corrected chi connectivity index (χ2v) is 38.9. The summed E-state index contributed by atoms with van der Waals surface area (Å²) in [5.74, 6) is 0. The maximum atomic E-state index is 4.71. The van der Waals surface area contributed by atoms with Crippen molar-refractivity contribution in [3.05, 3.63) is 147 Å². The topological polar surface area (TPSA) is 0 Å². The number of aryl methyl sites for hydroxylation is 6. The lowest BCUT2D eigenvalue weighted by Crippen LogP contribution is -2.63. The van der Waals surface area contributed by atoms with Crippen LogP contribution in [-0.4, -0.2) is 24.2 Å². The van der Waals surface area contributed by atoms with Gasteiger partial charge in [-0.25, -0.2) is 0 Å². The van der Waals surface area contributed by atoms with Crippen molar-refractivity contribution in [3.8, 4) is 0 Å². The van der Waals surface area contributed by atoms with E-state index in [1.54, 1.807) is 5.19 Å². The van der Waals surface area contributed by atoms with Crippen molar-refractivity contribution in [1.82, 2.24) is 0 Å². The average Bonchev–Trinajstić information content (AvgIpc) is 3.19. The van der Waals surface area contributed by atoms with E-state index in [-0.39, 0.29) is 10.1 Å². The van der Waals surface area contributed by atoms with Gasteiger partial charge in [0.2, 0.25) is 0 Å². The van der Waals surface area contributed by atoms with Crippen molar-refractivity contribution in [2.24, 2.45) is 0 Å². The van der Waals surface area contributed by atoms with E-state index in [1.165, 1.54) is 83.2 Å². The second-order valence-electron chi connectivity index (χ2n) is 21.6. The molecule has 0 saturated carbocycles. The minimum absolute atomic E-state index is 0.258. The molecule has 6 heteroatoms. The van der Waals surface area contributed by atoms with Crippen LogP contribution in [0.3, 0.4) is 0 Å². The average molecular weight is 938 g/mol. The van der Waals surface area contributed by atoms with E-state index in [1.807, 2.05) is 0 Å². The Balaban J connectivity index is 0.000000254. The van der Waals surface area contributed by atoms with E-state index in [9.17, 15) is 0 Å². The van der Waals surface area contributed by atoms with Crippen LogP contribution in [0.2, 0.25) is 42.8 Å². The monoisotopic (exact) mass is 937 g/mol. The molecule has 0 atom stereocenters. The van der Waals surface area contributed by atoms with Crippen molar-refractivity contribution in [1.29, 1.82) is 0 Å². The molecular weight excluding hydrogens is 853 g/mol. The Hall–Kier alpha value is -2.20. The van der Waals surface area contributed by atoms with Crippen LogP contribution >= 0.6 is 37.9 Å². The second kappa shape index (κ2) is 22.8. The van der Waals surface area contributed by atoms with Gasteiger partial charge in [-0.3, -0.25) is 0 Å². The predicted octanol–water partition coefficient (Wildman–Crippen LogP) is 15.9. The molecule has 0 aromatic heterocycles. The van der Waals surface area contributed by atoms with Crippen LogP contribution in [0.1, 0.15) is 119 Å². The van der Waals surface area contributed by atoms with Crippen molar-refractivity contribution >= 4 is 72.5 Å². The zero-order valence-corrected chi connectivity index (χ0v) is 47.7. The summed E-state index contributed by atoms with van der Waals surface area (Å²) in [5, 5.41) is 3.62. The largest absolute Gasteiger partial charge is 0.143 e. The molecule has 5 aromatic carbocycles. The SMILES string of the molecule is CCc1cc(C[Si](C)(C)C)cc(CC)c1S.CCc1cc(C[Si](C)(C)c2ccccc2)cc(CC)c1S.Cc1cc(C[Si](c2ccccc2)(C(C)(C)C)C(C)(C)C)cc(C)c1S. The molecule has 0 saturated heterocycles. The summed E-state index contributed by atoms with van der Waals surface area (Å²) in [6, 6.07) is 40.1. The third-order valence-corrected chi connectivity index (χ3v) is 26.9. The molecule has 338 valence electrons. The van der Waals surface area contributed by atoms with Gasteiger partial charge in [0, 0.05) is 22.8 Å². The summed E-state index contributed by atoms with van der Waals surface area (Å²) >= 11 is 14.0. The van der Waals surface area contributed by atoms with Crippen LogP contribution < -0.4 is 10.4 Å². The lowest BCUT2D eigenvalue weighted by Gasteiger charge is -2.53. The van der Waals surface area contributed by atoms with Crippen molar-refractivity contribution < 1.29 is 0 Å². The lowest BCUT2D eigenvalue weighted by atomic mass is 10.0. The lowest BCUT2D eigenvalue weighted by molar-refractivity contribution is 0.617. The fourth-order valence-corrected chi connectivity index (χ4v) is 21.7. The van der Waals surface area contributed by atoms with Gasteiger partial charge in [0.15, 0.2) is 0 Å². The molecule has 0 spiro atoms. The summed E-state index contributed by atoms with van der Waals surface area (Å²) in [6.45, 7) is 40.1. The molecule has 0 aliphatic heterocycles. The Morgan fingerprint density at radius 2 is 0.742 bits per heavy atom. The first-order chi connectivity index (χ1) is 28.7. The van der Waals surface area contributed by atoms with Crippen LogP contribution in [-0.2, 0) is 43.8 Å². The number of hydrogen-bond donors (Lipinski definition) is 3. The van der Waals surface area contributed by atoms with Gasteiger partial charge < -0.3 is 0 Å². The molecule has 0 radical (unpaired) electrons. The highest BCUT2D eigenvalue weighted by Gasteiger charge is 2.53. The van der Waals surface area contributed by atoms with E-state index in [4.69, 9.17) is 12.6 Å². The summed E-state index contributed by atoms with van der Waals surface area (Å²) in [6.07, 6.45) is 4.30. The van der Waals surface area contributed by atoms with Crippen LogP contribution in [0.15, 0.2) is 112 Å². The summed E-state index contributed by atoms with van der Waals surface area (Å²) in [5.41, 5.74) is 12.7. The first-order valence-electron chi connectivity index (χ1n) is 23.3. The Kier molecular flexibility index (Phi) is 19.9. The predicted molar refractivity (Wildman–Crippen MR) is 297 cm³/mol. The van der Waals surface area contributed by atoms with E-state index < -0.39 is 24.2 Å². The van der Waals surface area contributed by atoms with E-state index in [0.717, 1.165) is 30.6 Å². The number of hydrogen-bond acceptors (Lipinski definition) is 3. The van der Waals surface area contributed by atoms with Gasteiger partial charge in [-0.2, -0.15) is 0 Å². The van der Waals surface area contributed by atoms with Crippen LogP contribution in [0, 0.1) is 13.8 Å². The van der Waals surface area contributed by atoms with E-state index in [2.05, 4.69) is 238 Å². The Morgan fingerprint density at radius 1 is 0.419 bits per heavy atom. The fourth-order valence-electron chi connectivity index (χ4n) is 9.86. The molecule has 0 N–H and O–H groups in total. The number of thiol groups is 3. The molecule has 0 amide bonds. The quantitative estimate of drug-likeness (QED) is 0.0806. The highest BCUT2D eigenvalue weighted by atomic mass is 32.1. The van der Waals surface area contributed by atoms with Gasteiger partial charge in [0.25, 0.3) is 0 Å². The highest BCUT2D eigenvalue weighted by molar-refractivity contribution is 7.80. The molecule has 5 aromatic rings. The normalized spacial score (nSPS) is 12.3. The molecule has 62 heavy (non-hydrogen) atoms. The van der Waals surface area contributed by atoms with Gasteiger partial charge in [-0.15, -0.1) is 37.9 Å². The fraction of sp³-hybridized carbons (Fsp3) is 0.464. The minimum atomic E-state index is -1.90. The Bertz CT molecular complexity index is 2100. The molecule has 0 unspecified atom stereocenters. The van der Waals surface area contributed by atoms with Gasteiger partial charge in [0.1, 0.15) is 8.07 Å². The van der Waals surface area contributed by atoms with Crippen molar-refractivity contribution in [2.75, 3.05) is 0 Å². The molecule has 0 aliphatic carbocycles. The first-order valence-corrected chi connectivity index (χ1v) is 33.8. The number of rotatable bonds is 12. The van der Waals surface area contributed by atoms with E-state index >= 15 is 0 Å². The molecule has 0 bridgehead atoms. The smallest absolute Gasteiger partial charge is 0.102 e. The first kappa shape index (κ1) is 54.1. The van der Waals surface area contributed by atoms with Gasteiger partial charge in [-0.05, 0) is 112 Å². The molecular formula is C56H84S3Si3. The standard InChI is InChI=1S/C23H34SSi.C19H26SSi.C14H24SSi/c1-17-14-19(15-18(2)21(17)24)16-25(22(3,4)5,23(6,7)8)20-12-10-9-11-13-20;1-5-16-12-15(13-17(6-2)19(16)20)14-21(3,4)18-10-8-7-9-11-18;1-6-12-8-11(10-16(3,4)5)9-13(7-2)14(12)15/h9-15,24H,16H2,1-8H3;7-13,20H,5-6,14H2,1-4H3;8-9,15H,6-7,10H2,1-5H3. The van der Waals surface area contributed by atoms with Gasteiger partial charge in [0.05, 0.1) is 8.07 Å². The number of benzene rings is 5. The Morgan fingerprint density at radius 3 is 1.06 bits per heavy atom. The molecule has 0 fully saturated rings. The third kappa shape index (κ3) is 14.1. The Labute approximate surface area is 401 Å². The summed E-state index contributed by atoms with van der Waals surface area (Å²) < 4.78 is 0. The highest BCUT2D eigenvalue weighted by Crippen LogP contribution is 2.52. The molecule has 5 rings (SSSR count). The zero-order valence-electron chi connectivity index (χ0n) is 42.0. The van der Waals surface area contributed by atoms with Gasteiger partial charge >= 0.3 is 0 Å². The van der Waals surface area contributed by atoms with Crippen molar-refractivity contribution in [2.45, 2.75) is 184 Å². The van der Waals surface area contributed by atoms with E-state index in [0.29, 0.717) is 0 Å². The summed E-state index contributed by atoms with van der Waals surface area (Å²) in [4.78, 5) is 3.54. The molecule has 0 nitrogen and oxygen atoms in total. The summed E-state index contributed by atoms with van der Waals surface area (Å²) in [7, 11) is -4.35.